The van der Waals surface area contributed by atoms with Crippen LogP contribution in [0.25, 0.3) is 0 Å². The molecule has 0 bridgehead atoms. The van der Waals surface area contributed by atoms with Crippen LogP contribution in [-0.4, -0.2) is 57.4 Å². The Labute approximate surface area is 176 Å². The van der Waals surface area contributed by atoms with E-state index >= 15 is 0 Å². The summed E-state index contributed by atoms with van der Waals surface area (Å²) in [5.74, 6) is 0.769. The molecule has 1 heterocycles. The molecule has 0 saturated carbocycles. The lowest BCUT2D eigenvalue weighted by molar-refractivity contribution is 0.0879. The Hall–Kier alpha value is -2.64. The maximum Gasteiger partial charge on any atom is 0.255 e. The minimum Gasteiger partial charge on any atom is -0.497 e. The highest BCUT2D eigenvalue weighted by Crippen LogP contribution is 2.28. The van der Waals surface area contributed by atoms with Crippen molar-refractivity contribution in [2.45, 2.75) is 25.5 Å². The van der Waals surface area contributed by atoms with Crippen molar-refractivity contribution in [2.75, 3.05) is 40.5 Å². The summed E-state index contributed by atoms with van der Waals surface area (Å²) in [6.45, 7) is 3.07. The molecule has 162 valence electrons. The monoisotopic (exact) mass is 416 g/mol. The lowest BCUT2D eigenvalue weighted by Crippen LogP contribution is -2.38. The van der Waals surface area contributed by atoms with Gasteiger partial charge in [-0.2, -0.15) is 0 Å². The van der Waals surface area contributed by atoms with Crippen LogP contribution in [-0.2, 0) is 11.3 Å². The van der Waals surface area contributed by atoms with Gasteiger partial charge in [0, 0.05) is 44.9 Å². The number of rotatable bonds is 9. The van der Waals surface area contributed by atoms with Crippen molar-refractivity contribution in [1.82, 2.24) is 10.2 Å². The first-order valence-electron chi connectivity index (χ1n) is 10.2. The maximum absolute atomic E-state index is 13.9. The number of piperidine rings is 1. The molecule has 2 aromatic rings. The number of benzene rings is 2. The summed E-state index contributed by atoms with van der Waals surface area (Å²) in [7, 11) is 3.17. The first-order valence-corrected chi connectivity index (χ1v) is 10.2. The Balaban J connectivity index is 1.60. The summed E-state index contributed by atoms with van der Waals surface area (Å²) in [5, 5.41) is 2.83. The molecular formula is C23H29FN2O4. The molecule has 0 radical (unpaired) electrons. The summed E-state index contributed by atoms with van der Waals surface area (Å²) < 4.78 is 30.4. The lowest BCUT2D eigenvalue weighted by atomic mass is 10.1. The molecule has 1 amide bonds. The van der Waals surface area contributed by atoms with Crippen LogP contribution in [0.3, 0.4) is 0 Å². The second-order valence-electron chi connectivity index (χ2n) is 7.30. The van der Waals surface area contributed by atoms with Crippen molar-refractivity contribution in [1.29, 1.82) is 0 Å². The van der Waals surface area contributed by atoms with Crippen molar-refractivity contribution in [2.24, 2.45) is 0 Å². The van der Waals surface area contributed by atoms with E-state index in [0.717, 1.165) is 25.9 Å². The van der Waals surface area contributed by atoms with E-state index in [0.29, 0.717) is 42.3 Å². The van der Waals surface area contributed by atoms with Crippen molar-refractivity contribution >= 4 is 5.91 Å². The standard InChI is InChI=1S/C23H29FN2O4/c1-28-14-11-25-23(27)20-8-7-19(29-2)15-22(20)30-18-9-12-26(13-10-18)16-17-5-3-4-6-21(17)24/h3-8,15,18H,9-14,16H2,1-2H3,(H,25,27). The minimum atomic E-state index is -0.207. The SMILES string of the molecule is COCCNC(=O)c1ccc(OC)cc1OC1CCN(Cc2ccccc2F)CC1. The second kappa shape index (κ2) is 10.9. The van der Waals surface area contributed by atoms with Crippen LogP contribution >= 0.6 is 0 Å². The molecular weight excluding hydrogens is 387 g/mol. The van der Waals surface area contributed by atoms with Crippen molar-refractivity contribution in [3.8, 4) is 11.5 Å². The Morgan fingerprint density at radius 2 is 1.93 bits per heavy atom. The average molecular weight is 416 g/mol. The van der Waals surface area contributed by atoms with Crippen molar-refractivity contribution < 1.29 is 23.4 Å². The van der Waals surface area contributed by atoms with Crippen molar-refractivity contribution in [3.63, 3.8) is 0 Å². The van der Waals surface area contributed by atoms with E-state index < -0.39 is 0 Å². The molecule has 6 nitrogen and oxygen atoms in total. The molecule has 7 heteroatoms. The third-order valence-corrected chi connectivity index (χ3v) is 5.21. The number of hydrogen-bond donors (Lipinski definition) is 1. The minimum absolute atomic E-state index is 0.0144. The summed E-state index contributed by atoms with van der Waals surface area (Å²) in [6.07, 6.45) is 1.59. The van der Waals surface area contributed by atoms with E-state index in [1.165, 1.54) is 6.07 Å². The van der Waals surface area contributed by atoms with E-state index in [4.69, 9.17) is 14.2 Å². The van der Waals surface area contributed by atoms with Crippen LogP contribution < -0.4 is 14.8 Å². The molecule has 2 aromatic carbocycles. The predicted octanol–water partition coefficient (Wildman–Crippen LogP) is 3.25. The van der Waals surface area contributed by atoms with Crippen LogP contribution in [0, 0.1) is 5.82 Å². The molecule has 0 aromatic heterocycles. The summed E-state index contributed by atoms with van der Waals surface area (Å²) in [4.78, 5) is 14.8. The average Bonchev–Trinajstić information content (AvgIpc) is 2.76. The molecule has 1 N–H and O–H groups in total. The van der Waals surface area contributed by atoms with E-state index in [2.05, 4.69) is 10.2 Å². The number of halogens is 1. The highest BCUT2D eigenvalue weighted by atomic mass is 19.1. The zero-order valence-corrected chi connectivity index (χ0v) is 17.5. The number of ether oxygens (including phenoxy) is 3. The van der Waals surface area contributed by atoms with Crippen LogP contribution in [0.5, 0.6) is 11.5 Å². The maximum atomic E-state index is 13.9. The van der Waals surface area contributed by atoms with Crippen LogP contribution in [0.15, 0.2) is 42.5 Å². The molecule has 0 aliphatic carbocycles. The van der Waals surface area contributed by atoms with Gasteiger partial charge in [0.1, 0.15) is 23.4 Å². The highest BCUT2D eigenvalue weighted by molar-refractivity contribution is 5.97. The fraction of sp³-hybridized carbons (Fsp3) is 0.435. The number of nitrogens with one attached hydrogen (secondary N) is 1. The van der Waals surface area contributed by atoms with Gasteiger partial charge in [0.2, 0.25) is 0 Å². The Bertz CT molecular complexity index is 838. The normalized spacial score (nSPS) is 15.0. The van der Waals surface area contributed by atoms with Gasteiger partial charge in [0.05, 0.1) is 19.3 Å². The Morgan fingerprint density at radius 3 is 2.63 bits per heavy atom. The van der Waals surface area contributed by atoms with Gasteiger partial charge in [0.25, 0.3) is 5.91 Å². The molecule has 0 unspecified atom stereocenters. The third kappa shape index (κ3) is 5.93. The lowest BCUT2D eigenvalue weighted by Gasteiger charge is -2.32. The molecule has 1 aliphatic heterocycles. The summed E-state index contributed by atoms with van der Waals surface area (Å²) >= 11 is 0. The second-order valence-corrected chi connectivity index (χ2v) is 7.30. The number of hydrogen-bond acceptors (Lipinski definition) is 5. The zero-order valence-electron chi connectivity index (χ0n) is 17.5. The number of likely N-dealkylation sites (tertiary alicyclic amines) is 1. The number of nitrogens with zero attached hydrogens (tertiary/aromatic N) is 1. The van der Waals surface area contributed by atoms with Gasteiger partial charge in [-0.05, 0) is 31.0 Å². The van der Waals surface area contributed by atoms with Gasteiger partial charge in [-0.25, -0.2) is 4.39 Å². The molecule has 1 saturated heterocycles. The highest BCUT2D eigenvalue weighted by Gasteiger charge is 2.23. The van der Waals surface area contributed by atoms with Crippen LogP contribution in [0.4, 0.5) is 4.39 Å². The predicted molar refractivity (Wildman–Crippen MR) is 113 cm³/mol. The van der Waals surface area contributed by atoms with Crippen molar-refractivity contribution in [3.05, 3.63) is 59.4 Å². The molecule has 0 spiro atoms. The van der Waals surface area contributed by atoms with Gasteiger partial charge >= 0.3 is 0 Å². The fourth-order valence-corrected chi connectivity index (χ4v) is 3.51. The first-order chi connectivity index (χ1) is 14.6. The third-order valence-electron chi connectivity index (χ3n) is 5.21. The Kier molecular flexibility index (Phi) is 8.04. The van der Waals surface area contributed by atoms with E-state index in [1.54, 1.807) is 38.5 Å². The number of methoxy groups -OCH3 is 2. The molecule has 0 atom stereocenters. The van der Waals surface area contributed by atoms with Crippen LogP contribution in [0.1, 0.15) is 28.8 Å². The van der Waals surface area contributed by atoms with Gasteiger partial charge in [-0.1, -0.05) is 18.2 Å². The first kappa shape index (κ1) is 22.1. The van der Waals surface area contributed by atoms with Gasteiger partial charge in [-0.15, -0.1) is 0 Å². The number of amides is 1. The van der Waals surface area contributed by atoms with Gasteiger partial charge in [-0.3, -0.25) is 9.69 Å². The smallest absolute Gasteiger partial charge is 0.255 e. The Morgan fingerprint density at radius 1 is 1.17 bits per heavy atom. The quantitative estimate of drug-likeness (QED) is 0.636. The topological polar surface area (TPSA) is 60.0 Å². The largest absolute Gasteiger partial charge is 0.497 e. The molecule has 1 aliphatic rings. The number of carbonyl (C=O) groups is 1. The zero-order chi connectivity index (χ0) is 21.3. The van der Waals surface area contributed by atoms with E-state index in [9.17, 15) is 9.18 Å². The summed E-state index contributed by atoms with van der Waals surface area (Å²) in [6, 6.07) is 12.1. The molecule has 3 rings (SSSR count). The summed E-state index contributed by atoms with van der Waals surface area (Å²) in [5.41, 5.74) is 1.18. The van der Waals surface area contributed by atoms with E-state index in [-0.39, 0.29) is 17.8 Å². The molecule has 30 heavy (non-hydrogen) atoms. The van der Waals surface area contributed by atoms with Gasteiger partial charge < -0.3 is 19.5 Å². The van der Waals surface area contributed by atoms with Gasteiger partial charge in [0.15, 0.2) is 0 Å². The fourth-order valence-electron chi connectivity index (χ4n) is 3.51. The molecule has 1 fully saturated rings. The number of carbonyl (C=O) groups excluding carboxylic acids is 1. The van der Waals surface area contributed by atoms with E-state index in [1.807, 2.05) is 12.1 Å². The van der Waals surface area contributed by atoms with Crippen LogP contribution in [0.2, 0.25) is 0 Å².